The van der Waals surface area contributed by atoms with Crippen molar-refractivity contribution in [2.45, 2.75) is 50.8 Å². The van der Waals surface area contributed by atoms with Crippen molar-refractivity contribution >= 4 is 39.1 Å². The number of pyridine rings is 1. The van der Waals surface area contributed by atoms with E-state index in [-0.39, 0.29) is 24.4 Å². The zero-order chi connectivity index (χ0) is 22.9. The van der Waals surface area contributed by atoms with Crippen LogP contribution in [0.3, 0.4) is 0 Å². The first-order chi connectivity index (χ1) is 15.3. The van der Waals surface area contributed by atoms with Crippen molar-refractivity contribution in [1.82, 2.24) is 4.98 Å². The largest absolute Gasteiger partial charge is 0.469 e. The molecular weight excluding hydrogens is 472 g/mol. The van der Waals surface area contributed by atoms with Crippen LogP contribution in [0.2, 0.25) is 0 Å². The maximum Gasteiger partial charge on any atom is 0.305 e. The number of carbonyl (C=O) groups excluding carboxylic acids is 1. The first-order valence-electron chi connectivity index (χ1n) is 10.7. The molecule has 8 heteroatoms. The van der Waals surface area contributed by atoms with Gasteiger partial charge in [-0.25, -0.2) is 0 Å². The van der Waals surface area contributed by atoms with Crippen LogP contribution in [-0.2, 0) is 9.53 Å². The third-order valence-corrected chi connectivity index (χ3v) is 6.42. The lowest BCUT2D eigenvalue weighted by Crippen LogP contribution is -2.33. The van der Waals surface area contributed by atoms with E-state index < -0.39 is 11.6 Å². The Hall–Kier alpha value is -2.58. The Labute approximate surface area is 196 Å². The summed E-state index contributed by atoms with van der Waals surface area (Å²) >= 11 is 3.57. The molecule has 2 heterocycles. The number of methoxy groups -OCH3 is 1. The molecule has 0 amide bonds. The number of aliphatic hydroxyl groups is 1. The molecule has 2 aliphatic rings. The third-order valence-electron chi connectivity index (χ3n) is 5.93. The molecule has 1 aliphatic heterocycles. The topological polar surface area (TPSA) is 96.2 Å². The minimum absolute atomic E-state index is 0.102. The standard InChI is InChI=1S/C24H27BrN4O3/c1-24(2,16-13-20(16)30)29-23-19(9-10-21(31)32-3)27-22(18-6-4-5-11-26-18)15-12-14(25)7-8-17(15)28-23/h4-8,11-12,16,19-20,30H,9-10,13H2,1-3H3,(H,28,29)/t16?,19-,20?/m0/s1. The van der Waals surface area contributed by atoms with Gasteiger partial charge in [-0.1, -0.05) is 22.0 Å². The maximum absolute atomic E-state index is 11.9. The van der Waals surface area contributed by atoms with E-state index in [4.69, 9.17) is 14.7 Å². The Balaban J connectivity index is 1.83. The summed E-state index contributed by atoms with van der Waals surface area (Å²) in [4.78, 5) is 26.6. The molecule has 1 aliphatic carbocycles. The summed E-state index contributed by atoms with van der Waals surface area (Å²) < 4.78 is 5.79. The lowest BCUT2D eigenvalue weighted by molar-refractivity contribution is -0.140. The number of nitrogens with zero attached hydrogens (tertiary/aromatic N) is 3. The lowest BCUT2D eigenvalue weighted by atomic mass is 9.98. The van der Waals surface area contributed by atoms with Gasteiger partial charge in [0.15, 0.2) is 0 Å². The number of carbonyl (C=O) groups is 1. The van der Waals surface area contributed by atoms with E-state index in [1.54, 1.807) is 6.20 Å². The minimum Gasteiger partial charge on any atom is -0.469 e. The number of ether oxygens (including phenoxy) is 1. The Morgan fingerprint density at radius 1 is 1.34 bits per heavy atom. The van der Waals surface area contributed by atoms with Crippen molar-refractivity contribution in [3.63, 3.8) is 0 Å². The number of anilines is 1. The van der Waals surface area contributed by atoms with E-state index in [0.717, 1.165) is 33.5 Å². The molecule has 0 radical (unpaired) electrons. The quantitative estimate of drug-likeness (QED) is 0.587. The molecule has 168 valence electrons. The number of hydrogen-bond acceptors (Lipinski definition) is 6. The van der Waals surface area contributed by atoms with Gasteiger partial charge in [0, 0.05) is 34.3 Å². The Morgan fingerprint density at radius 3 is 2.78 bits per heavy atom. The summed E-state index contributed by atoms with van der Waals surface area (Å²) in [5.74, 6) is 0.484. The first-order valence-corrected chi connectivity index (χ1v) is 11.5. The van der Waals surface area contributed by atoms with Crippen molar-refractivity contribution in [2.75, 3.05) is 12.4 Å². The number of amidine groups is 1. The van der Waals surface area contributed by atoms with E-state index in [2.05, 4.69) is 26.2 Å². The number of rotatable bonds is 6. The first kappa shape index (κ1) is 22.6. The molecule has 1 aromatic carbocycles. The Morgan fingerprint density at radius 2 is 2.12 bits per heavy atom. The SMILES string of the molecule is COC(=O)CC[C@@H]1N=C(c2ccccn2)c2cc(Br)ccc2NC1=NC(C)(C)C1CC1O. The predicted molar refractivity (Wildman–Crippen MR) is 128 cm³/mol. The van der Waals surface area contributed by atoms with Gasteiger partial charge in [0.25, 0.3) is 0 Å². The van der Waals surface area contributed by atoms with Gasteiger partial charge < -0.3 is 15.2 Å². The number of aromatic nitrogens is 1. The summed E-state index contributed by atoms with van der Waals surface area (Å²) in [5.41, 5.74) is 2.78. The number of fused-ring (bicyclic) bond motifs is 1. The fourth-order valence-corrected chi connectivity index (χ4v) is 4.39. The number of halogens is 1. The van der Waals surface area contributed by atoms with Crippen LogP contribution in [0.15, 0.2) is 57.1 Å². The van der Waals surface area contributed by atoms with Crippen LogP contribution in [0.1, 0.15) is 44.4 Å². The van der Waals surface area contributed by atoms with E-state index >= 15 is 0 Å². The summed E-state index contributed by atoms with van der Waals surface area (Å²) in [5, 5.41) is 13.5. The summed E-state index contributed by atoms with van der Waals surface area (Å²) in [6.07, 6.45) is 2.80. The second kappa shape index (κ2) is 9.11. The van der Waals surface area contributed by atoms with Gasteiger partial charge in [-0.3, -0.25) is 19.8 Å². The van der Waals surface area contributed by atoms with Crippen LogP contribution in [0, 0.1) is 5.92 Å². The minimum atomic E-state index is -0.466. The fraction of sp³-hybridized carbons (Fsp3) is 0.417. The van der Waals surface area contributed by atoms with E-state index in [1.807, 2.05) is 50.2 Å². The maximum atomic E-state index is 11.9. The summed E-state index contributed by atoms with van der Waals surface area (Å²) in [7, 11) is 1.39. The molecule has 2 N–H and O–H groups in total. The highest BCUT2D eigenvalue weighted by Gasteiger charge is 2.47. The van der Waals surface area contributed by atoms with Gasteiger partial charge in [0.1, 0.15) is 11.9 Å². The average Bonchev–Trinajstić information content (AvgIpc) is 3.54. The van der Waals surface area contributed by atoms with Gasteiger partial charge in [0.05, 0.1) is 30.2 Å². The number of esters is 1. The van der Waals surface area contributed by atoms with Gasteiger partial charge in [-0.05, 0) is 57.0 Å². The highest BCUT2D eigenvalue weighted by Crippen LogP contribution is 2.42. The molecule has 2 unspecified atom stereocenters. The van der Waals surface area contributed by atoms with Crippen LogP contribution in [0.4, 0.5) is 5.69 Å². The summed E-state index contributed by atoms with van der Waals surface area (Å²) in [6.45, 7) is 4.05. The molecule has 3 atom stereocenters. The fourth-order valence-electron chi connectivity index (χ4n) is 4.03. The smallest absolute Gasteiger partial charge is 0.305 e. The number of benzodiazepines with no additional fused rings is 1. The average molecular weight is 499 g/mol. The Bertz CT molecular complexity index is 1070. The summed E-state index contributed by atoms with van der Waals surface area (Å²) in [6, 6.07) is 11.3. The van der Waals surface area contributed by atoms with E-state index in [9.17, 15) is 9.90 Å². The van der Waals surface area contributed by atoms with Gasteiger partial charge >= 0.3 is 5.97 Å². The van der Waals surface area contributed by atoms with Crippen LogP contribution >= 0.6 is 15.9 Å². The van der Waals surface area contributed by atoms with Gasteiger partial charge in [-0.15, -0.1) is 0 Å². The van der Waals surface area contributed by atoms with E-state index in [0.29, 0.717) is 12.3 Å². The number of aliphatic hydroxyl groups excluding tert-OH is 1. The molecule has 4 rings (SSSR count). The second-order valence-corrected chi connectivity index (χ2v) is 9.61. The molecule has 1 aromatic heterocycles. The third kappa shape index (κ3) is 4.91. The number of aliphatic imine (C=N–C) groups is 2. The van der Waals surface area contributed by atoms with Crippen molar-refractivity contribution in [2.24, 2.45) is 15.9 Å². The molecule has 2 aromatic rings. The predicted octanol–water partition coefficient (Wildman–Crippen LogP) is 3.99. The van der Waals surface area contributed by atoms with Crippen molar-refractivity contribution < 1.29 is 14.6 Å². The zero-order valence-corrected chi connectivity index (χ0v) is 20.0. The second-order valence-electron chi connectivity index (χ2n) is 8.70. The molecule has 7 nitrogen and oxygen atoms in total. The Kier molecular flexibility index (Phi) is 6.44. The lowest BCUT2D eigenvalue weighted by Gasteiger charge is -2.24. The van der Waals surface area contributed by atoms with Gasteiger partial charge in [0.2, 0.25) is 0 Å². The monoisotopic (exact) mass is 498 g/mol. The molecular formula is C24H27BrN4O3. The molecule has 0 spiro atoms. The number of benzene rings is 1. The van der Waals surface area contributed by atoms with Crippen molar-refractivity contribution in [3.05, 3.63) is 58.3 Å². The molecule has 1 saturated carbocycles. The molecule has 32 heavy (non-hydrogen) atoms. The number of nitrogens with one attached hydrogen (secondary N) is 1. The van der Waals surface area contributed by atoms with Crippen LogP contribution in [0.25, 0.3) is 0 Å². The highest BCUT2D eigenvalue weighted by molar-refractivity contribution is 9.10. The highest BCUT2D eigenvalue weighted by atomic mass is 79.9. The van der Waals surface area contributed by atoms with Crippen molar-refractivity contribution in [3.8, 4) is 0 Å². The molecule has 1 fully saturated rings. The van der Waals surface area contributed by atoms with E-state index in [1.165, 1.54) is 7.11 Å². The van der Waals surface area contributed by atoms with Gasteiger partial charge in [-0.2, -0.15) is 0 Å². The zero-order valence-electron chi connectivity index (χ0n) is 18.4. The van der Waals surface area contributed by atoms with Crippen molar-refractivity contribution in [1.29, 1.82) is 0 Å². The molecule has 0 bridgehead atoms. The number of hydrogen-bond donors (Lipinski definition) is 2. The normalized spacial score (nSPS) is 23.6. The molecule has 0 saturated heterocycles. The van der Waals surface area contributed by atoms with Crippen LogP contribution in [-0.4, -0.2) is 52.4 Å². The van der Waals surface area contributed by atoms with Crippen LogP contribution in [0.5, 0.6) is 0 Å². The van der Waals surface area contributed by atoms with Crippen LogP contribution < -0.4 is 5.32 Å².